The number of hydrogen-bond donors (Lipinski definition) is 0. The van der Waals surface area contributed by atoms with Crippen molar-refractivity contribution in [2.75, 3.05) is 45.9 Å². The molecule has 0 aliphatic carbocycles. The van der Waals surface area contributed by atoms with Crippen LogP contribution in [-0.2, 0) is 14.3 Å². The predicted octanol–water partition coefficient (Wildman–Crippen LogP) is 1.30. The first-order chi connectivity index (χ1) is 12.6. The monoisotopic (exact) mass is 359 g/mol. The zero-order valence-corrected chi connectivity index (χ0v) is 15.1. The molecule has 3 amide bonds. The van der Waals surface area contributed by atoms with Gasteiger partial charge in [-0.3, -0.25) is 9.59 Å². The molecule has 26 heavy (non-hydrogen) atoms. The maximum Gasteiger partial charge on any atom is 0.409 e. The summed E-state index contributed by atoms with van der Waals surface area (Å²) in [6, 6.07) is 9.94. The van der Waals surface area contributed by atoms with E-state index in [2.05, 4.69) is 0 Å². The van der Waals surface area contributed by atoms with Crippen molar-refractivity contribution in [1.82, 2.24) is 14.7 Å². The lowest BCUT2D eigenvalue weighted by Crippen LogP contribution is -2.52. The molecule has 2 fully saturated rings. The quantitative estimate of drug-likeness (QED) is 0.813. The van der Waals surface area contributed by atoms with E-state index >= 15 is 0 Å². The summed E-state index contributed by atoms with van der Waals surface area (Å²) in [6.07, 6.45) is 0.119. The van der Waals surface area contributed by atoms with Crippen molar-refractivity contribution in [3.8, 4) is 0 Å². The van der Waals surface area contributed by atoms with Gasteiger partial charge in [-0.15, -0.1) is 0 Å². The second kappa shape index (κ2) is 8.21. The number of rotatable bonds is 4. The summed E-state index contributed by atoms with van der Waals surface area (Å²) < 4.78 is 4.98. The molecule has 2 aliphatic rings. The lowest BCUT2D eigenvalue weighted by molar-refractivity contribution is -0.139. The van der Waals surface area contributed by atoms with Crippen LogP contribution >= 0.6 is 0 Å². The van der Waals surface area contributed by atoms with Crippen LogP contribution < -0.4 is 0 Å². The maximum atomic E-state index is 12.5. The Hall–Kier alpha value is -2.57. The summed E-state index contributed by atoms with van der Waals surface area (Å²) >= 11 is 0. The molecule has 0 N–H and O–H groups in total. The van der Waals surface area contributed by atoms with Crippen LogP contribution in [0.1, 0.15) is 24.8 Å². The van der Waals surface area contributed by atoms with E-state index in [9.17, 15) is 14.4 Å². The van der Waals surface area contributed by atoms with Crippen LogP contribution in [0.3, 0.4) is 0 Å². The third kappa shape index (κ3) is 4.15. The molecule has 1 unspecified atom stereocenters. The average Bonchev–Trinajstić information content (AvgIpc) is 3.03. The number of piperazine rings is 1. The molecular formula is C19H25N3O4. The highest BCUT2D eigenvalue weighted by Crippen LogP contribution is 2.27. The Morgan fingerprint density at radius 1 is 1.08 bits per heavy atom. The van der Waals surface area contributed by atoms with Crippen LogP contribution in [-0.4, -0.2) is 78.5 Å². The Labute approximate surface area is 153 Å². The number of amides is 3. The van der Waals surface area contributed by atoms with Crippen molar-refractivity contribution in [3.63, 3.8) is 0 Å². The molecule has 0 aromatic heterocycles. The molecule has 1 atom stereocenters. The van der Waals surface area contributed by atoms with Crippen LogP contribution in [0.25, 0.3) is 0 Å². The molecule has 0 radical (unpaired) electrons. The standard InChI is InChI=1S/C19H25N3O4/c1-2-26-19(25)21-10-8-20(9-11-21)18(24)14-22-13-16(12-17(22)23)15-6-4-3-5-7-15/h3-7,16H,2,8-14H2,1H3. The number of ether oxygens (including phenoxy) is 1. The Kier molecular flexibility index (Phi) is 5.75. The third-order valence-electron chi connectivity index (χ3n) is 4.97. The maximum absolute atomic E-state index is 12.5. The van der Waals surface area contributed by atoms with Gasteiger partial charge in [0.1, 0.15) is 0 Å². The first-order valence-corrected chi connectivity index (χ1v) is 9.10. The SMILES string of the molecule is CCOC(=O)N1CCN(C(=O)CN2CC(c3ccccc3)CC2=O)CC1. The van der Waals surface area contributed by atoms with Crippen molar-refractivity contribution in [2.45, 2.75) is 19.3 Å². The number of carbonyl (C=O) groups excluding carboxylic acids is 3. The Bertz CT molecular complexity index is 656. The fourth-order valence-electron chi connectivity index (χ4n) is 3.49. The van der Waals surface area contributed by atoms with E-state index in [4.69, 9.17) is 4.74 Å². The van der Waals surface area contributed by atoms with Gasteiger partial charge in [-0.05, 0) is 12.5 Å². The van der Waals surface area contributed by atoms with Gasteiger partial charge < -0.3 is 19.4 Å². The fraction of sp³-hybridized carbons (Fsp3) is 0.526. The highest BCUT2D eigenvalue weighted by Gasteiger charge is 2.33. The highest BCUT2D eigenvalue weighted by atomic mass is 16.6. The zero-order valence-electron chi connectivity index (χ0n) is 15.1. The predicted molar refractivity (Wildman–Crippen MR) is 95.6 cm³/mol. The largest absolute Gasteiger partial charge is 0.450 e. The molecule has 140 valence electrons. The van der Waals surface area contributed by atoms with Crippen molar-refractivity contribution < 1.29 is 19.1 Å². The smallest absolute Gasteiger partial charge is 0.409 e. The van der Waals surface area contributed by atoms with Gasteiger partial charge in [0.15, 0.2) is 0 Å². The van der Waals surface area contributed by atoms with E-state index in [0.717, 1.165) is 5.56 Å². The minimum absolute atomic E-state index is 0.0253. The van der Waals surface area contributed by atoms with E-state index in [1.54, 1.807) is 21.6 Å². The topological polar surface area (TPSA) is 70.2 Å². The van der Waals surface area contributed by atoms with Gasteiger partial charge in [0.05, 0.1) is 13.2 Å². The summed E-state index contributed by atoms with van der Waals surface area (Å²) in [4.78, 5) is 41.5. The van der Waals surface area contributed by atoms with Gasteiger partial charge in [-0.25, -0.2) is 4.79 Å². The summed E-state index contributed by atoms with van der Waals surface area (Å²) in [5.41, 5.74) is 1.14. The molecule has 1 aromatic carbocycles. The number of likely N-dealkylation sites (tertiary alicyclic amines) is 1. The molecule has 2 heterocycles. The lowest BCUT2D eigenvalue weighted by atomic mass is 9.99. The first kappa shape index (κ1) is 18.2. The number of benzene rings is 1. The van der Waals surface area contributed by atoms with Crippen molar-refractivity contribution >= 4 is 17.9 Å². The van der Waals surface area contributed by atoms with Crippen LogP contribution in [0, 0.1) is 0 Å². The van der Waals surface area contributed by atoms with E-state index in [0.29, 0.717) is 45.8 Å². The molecule has 7 nitrogen and oxygen atoms in total. The number of carbonyl (C=O) groups is 3. The van der Waals surface area contributed by atoms with E-state index in [-0.39, 0.29) is 30.4 Å². The van der Waals surface area contributed by atoms with Crippen molar-refractivity contribution in [1.29, 1.82) is 0 Å². The van der Waals surface area contributed by atoms with Gasteiger partial charge in [-0.2, -0.15) is 0 Å². The van der Waals surface area contributed by atoms with Crippen LogP contribution in [0.4, 0.5) is 4.79 Å². The summed E-state index contributed by atoms with van der Waals surface area (Å²) in [5, 5.41) is 0. The molecule has 0 spiro atoms. The summed E-state index contributed by atoms with van der Waals surface area (Å²) in [5.74, 6) is 0.116. The number of nitrogens with zero attached hydrogens (tertiary/aromatic N) is 3. The van der Waals surface area contributed by atoms with Gasteiger partial charge >= 0.3 is 6.09 Å². The third-order valence-corrected chi connectivity index (χ3v) is 4.97. The molecule has 2 saturated heterocycles. The van der Waals surface area contributed by atoms with Gasteiger partial charge in [0.25, 0.3) is 0 Å². The van der Waals surface area contributed by atoms with Crippen molar-refractivity contribution in [2.24, 2.45) is 0 Å². The van der Waals surface area contributed by atoms with E-state index in [1.807, 2.05) is 30.3 Å². The molecule has 7 heteroatoms. The minimum atomic E-state index is -0.333. The first-order valence-electron chi connectivity index (χ1n) is 9.10. The molecule has 0 saturated carbocycles. The Morgan fingerprint density at radius 2 is 1.73 bits per heavy atom. The summed E-state index contributed by atoms with van der Waals surface area (Å²) in [6.45, 7) is 4.68. The van der Waals surface area contributed by atoms with Gasteiger partial charge in [0, 0.05) is 45.1 Å². The molecule has 2 aliphatic heterocycles. The second-order valence-corrected chi connectivity index (χ2v) is 6.65. The Balaban J connectivity index is 1.50. The van der Waals surface area contributed by atoms with Crippen molar-refractivity contribution in [3.05, 3.63) is 35.9 Å². The zero-order chi connectivity index (χ0) is 18.5. The molecule has 0 bridgehead atoms. The van der Waals surface area contributed by atoms with Crippen LogP contribution in [0.15, 0.2) is 30.3 Å². The van der Waals surface area contributed by atoms with Crippen LogP contribution in [0.5, 0.6) is 0 Å². The molecule has 3 rings (SSSR count). The van der Waals surface area contributed by atoms with Gasteiger partial charge in [-0.1, -0.05) is 30.3 Å². The highest BCUT2D eigenvalue weighted by molar-refractivity contribution is 5.86. The van der Waals surface area contributed by atoms with Crippen LogP contribution in [0.2, 0.25) is 0 Å². The minimum Gasteiger partial charge on any atom is -0.450 e. The fourth-order valence-corrected chi connectivity index (χ4v) is 3.49. The summed E-state index contributed by atoms with van der Waals surface area (Å²) in [7, 11) is 0. The second-order valence-electron chi connectivity index (χ2n) is 6.65. The molecular weight excluding hydrogens is 334 g/mol. The normalized spacial score (nSPS) is 20.4. The van der Waals surface area contributed by atoms with Gasteiger partial charge in [0.2, 0.25) is 11.8 Å². The molecule has 1 aromatic rings. The average molecular weight is 359 g/mol. The van der Waals surface area contributed by atoms with E-state index < -0.39 is 0 Å². The Morgan fingerprint density at radius 3 is 2.38 bits per heavy atom. The van der Waals surface area contributed by atoms with E-state index in [1.165, 1.54) is 0 Å². The number of hydrogen-bond acceptors (Lipinski definition) is 4. The lowest BCUT2D eigenvalue weighted by Gasteiger charge is -2.34.